The smallest absolute Gasteiger partial charge is 0.221 e. The lowest BCUT2D eigenvalue weighted by Gasteiger charge is -2.21. The molecule has 1 heterocycles. The first-order chi connectivity index (χ1) is 10.6. The zero-order valence-corrected chi connectivity index (χ0v) is 13.2. The van der Waals surface area contributed by atoms with Crippen molar-refractivity contribution >= 4 is 5.91 Å². The van der Waals surface area contributed by atoms with E-state index in [1.54, 1.807) is 13.3 Å². The largest absolute Gasteiger partial charge is 0.388 e. The van der Waals surface area contributed by atoms with Crippen LogP contribution in [0.3, 0.4) is 0 Å². The van der Waals surface area contributed by atoms with Crippen LogP contribution in [-0.2, 0) is 16.1 Å². The molecule has 0 spiro atoms. The molecule has 6 heteroatoms. The van der Waals surface area contributed by atoms with Gasteiger partial charge in [0, 0.05) is 32.8 Å². The summed E-state index contributed by atoms with van der Waals surface area (Å²) in [5.74, 6) is -0.0336. The van der Waals surface area contributed by atoms with E-state index < -0.39 is 6.10 Å². The summed E-state index contributed by atoms with van der Waals surface area (Å²) in [6.07, 6.45) is 2.93. The molecule has 2 N–H and O–H groups in total. The molecule has 122 valence electrons. The Morgan fingerprint density at radius 1 is 1.50 bits per heavy atom. The van der Waals surface area contributed by atoms with Crippen molar-refractivity contribution in [1.29, 1.82) is 0 Å². The van der Waals surface area contributed by atoms with Crippen LogP contribution in [0.1, 0.15) is 25.0 Å². The molecule has 0 bridgehead atoms. The van der Waals surface area contributed by atoms with Gasteiger partial charge in [0.25, 0.3) is 0 Å². The summed E-state index contributed by atoms with van der Waals surface area (Å²) in [6.45, 7) is 1.37. The van der Waals surface area contributed by atoms with E-state index in [-0.39, 0.29) is 18.1 Å². The van der Waals surface area contributed by atoms with Crippen LogP contribution in [0.5, 0.6) is 0 Å². The fourth-order valence-corrected chi connectivity index (χ4v) is 2.78. The third-order valence-corrected chi connectivity index (χ3v) is 4.08. The number of ether oxygens (including phenoxy) is 1. The van der Waals surface area contributed by atoms with Crippen LogP contribution < -0.4 is 5.32 Å². The van der Waals surface area contributed by atoms with Crippen molar-refractivity contribution in [3.8, 4) is 0 Å². The summed E-state index contributed by atoms with van der Waals surface area (Å²) < 4.78 is 5.18. The van der Waals surface area contributed by atoms with E-state index in [2.05, 4.69) is 15.2 Å². The average Bonchev–Trinajstić information content (AvgIpc) is 2.86. The maximum absolute atomic E-state index is 12.0. The van der Waals surface area contributed by atoms with Crippen molar-refractivity contribution < 1.29 is 14.6 Å². The van der Waals surface area contributed by atoms with Crippen LogP contribution in [0.25, 0.3) is 0 Å². The van der Waals surface area contributed by atoms with Crippen LogP contribution in [-0.4, -0.2) is 59.8 Å². The molecule has 1 aromatic rings. The Bertz CT molecular complexity index is 469. The predicted molar refractivity (Wildman–Crippen MR) is 83.2 cm³/mol. The topological polar surface area (TPSA) is 74.7 Å². The van der Waals surface area contributed by atoms with Crippen LogP contribution in [0.4, 0.5) is 0 Å². The Balaban J connectivity index is 1.69. The quantitative estimate of drug-likeness (QED) is 0.770. The Hall–Kier alpha value is -1.50. The zero-order valence-electron chi connectivity index (χ0n) is 13.2. The second kappa shape index (κ2) is 8.22. The Labute approximate surface area is 131 Å². The van der Waals surface area contributed by atoms with Crippen molar-refractivity contribution in [3.63, 3.8) is 0 Å². The van der Waals surface area contributed by atoms with Crippen LogP contribution in [0, 0.1) is 0 Å². The lowest BCUT2D eigenvalue weighted by atomic mass is 10.2. The number of rotatable bonds is 7. The molecule has 0 aliphatic heterocycles. The molecule has 1 amide bonds. The van der Waals surface area contributed by atoms with Gasteiger partial charge < -0.3 is 20.1 Å². The van der Waals surface area contributed by atoms with Crippen LogP contribution in [0.2, 0.25) is 0 Å². The van der Waals surface area contributed by atoms with Crippen LogP contribution >= 0.6 is 0 Å². The van der Waals surface area contributed by atoms with Gasteiger partial charge in [0.1, 0.15) is 6.10 Å². The number of carbonyl (C=O) groups is 1. The van der Waals surface area contributed by atoms with E-state index in [9.17, 15) is 9.90 Å². The summed E-state index contributed by atoms with van der Waals surface area (Å²) in [7, 11) is 3.55. The number of pyridine rings is 1. The van der Waals surface area contributed by atoms with E-state index >= 15 is 0 Å². The highest BCUT2D eigenvalue weighted by Gasteiger charge is 2.35. The van der Waals surface area contributed by atoms with Gasteiger partial charge in [-0.1, -0.05) is 6.07 Å². The lowest BCUT2D eigenvalue weighted by molar-refractivity contribution is -0.123. The zero-order chi connectivity index (χ0) is 15.9. The second-order valence-electron chi connectivity index (χ2n) is 5.82. The maximum Gasteiger partial charge on any atom is 0.221 e. The van der Waals surface area contributed by atoms with Gasteiger partial charge in [0.05, 0.1) is 17.8 Å². The fraction of sp³-hybridized carbons (Fsp3) is 0.625. The van der Waals surface area contributed by atoms with Crippen molar-refractivity contribution in [2.24, 2.45) is 0 Å². The van der Waals surface area contributed by atoms with Gasteiger partial charge in [-0.15, -0.1) is 0 Å². The summed E-state index contributed by atoms with van der Waals surface area (Å²) in [5.41, 5.74) is 0.986. The number of methoxy groups -OCH3 is 1. The van der Waals surface area contributed by atoms with Gasteiger partial charge in [0.2, 0.25) is 5.91 Å². The van der Waals surface area contributed by atoms with Crippen molar-refractivity contribution in [2.75, 3.05) is 20.7 Å². The summed E-state index contributed by atoms with van der Waals surface area (Å²) in [5, 5.41) is 12.9. The minimum absolute atomic E-state index is 0.0336. The van der Waals surface area contributed by atoms with Crippen molar-refractivity contribution in [1.82, 2.24) is 15.2 Å². The third kappa shape index (κ3) is 4.76. The Morgan fingerprint density at radius 2 is 2.32 bits per heavy atom. The Kier molecular flexibility index (Phi) is 6.30. The molecule has 0 unspecified atom stereocenters. The monoisotopic (exact) mass is 307 g/mol. The molecule has 0 aromatic carbocycles. The standard InChI is InChI=1S/C16H25N3O3/c1-19(11-12-5-3-4-9-17-12)10-8-15(20)18-13-6-7-14(22-2)16(13)21/h3-5,9,13-14,16,21H,6-8,10-11H2,1-2H3,(H,18,20)/t13-,14-,16-/m1/s1. The van der Waals surface area contributed by atoms with E-state index in [4.69, 9.17) is 4.74 Å². The molecule has 1 saturated carbocycles. The van der Waals surface area contributed by atoms with E-state index in [1.165, 1.54) is 0 Å². The molecule has 22 heavy (non-hydrogen) atoms. The van der Waals surface area contributed by atoms with Crippen molar-refractivity contribution in [2.45, 2.75) is 44.1 Å². The average molecular weight is 307 g/mol. The highest BCUT2D eigenvalue weighted by atomic mass is 16.5. The SMILES string of the molecule is CO[C@@H]1CC[C@@H](NC(=O)CCN(C)Cc2ccccn2)[C@H]1O. The van der Waals surface area contributed by atoms with Crippen molar-refractivity contribution in [3.05, 3.63) is 30.1 Å². The molecule has 3 atom stereocenters. The van der Waals surface area contributed by atoms with Gasteiger partial charge >= 0.3 is 0 Å². The second-order valence-corrected chi connectivity index (χ2v) is 5.82. The number of nitrogens with zero attached hydrogens (tertiary/aromatic N) is 2. The fourth-order valence-electron chi connectivity index (χ4n) is 2.78. The van der Waals surface area contributed by atoms with E-state index in [0.29, 0.717) is 19.5 Å². The molecule has 0 saturated heterocycles. The minimum Gasteiger partial charge on any atom is -0.388 e. The number of aliphatic hydroxyl groups is 1. The molecule has 2 rings (SSSR count). The number of aliphatic hydroxyl groups excluding tert-OH is 1. The molecular weight excluding hydrogens is 282 g/mol. The summed E-state index contributed by atoms with van der Waals surface area (Å²) >= 11 is 0. The highest BCUT2D eigenvalue weighted by Crippen LogP contribution is 2.22. The van der Waals surface area contributed by atoms with Gasteiger partial charge in [-0.2, -0.15) is 0 Å². The molecule has 0 radical (unpaired) electrons. The first-order valence-electron chi connectivity index (χ1n) is 7.69. The number of aromatic nitrogens is 1. The molecule has 6 nitrogen and oxygen atoms in total. The maximum atomic E-state index is 12.0. The lowest BCUT2D eigenvalue weighted by Crippen LogP contribution is -2.44. The predicted octanol–water partition coefficient (Wildman–Crippen LogP) is 0.558. The molecule has 1 aliphatic rings. The number of nitrogens with one attached hydrogen (secondary N) is 1. The number of hydrogen-bond donors (Lipinski definition) is 2. The van der Waals surface area contributed by atoms with Gasteiger partial charge in [-0.25, -0.2) is 0 Å². The van der Waals surface area contributed by atoms with Crippen LogP contribution in [0.15, 0.2) is 24.4 Å². The summed E-state index contributed by atoms with van der Waals surface area (Å²) in [6, 6.07) is 5.61. The molecule has 1 aliphatic carbocycles. The molecule has 1 aromatic heterocycles. The summed E-state index contributed by atoms with van der Waals surface area (Å²) in [4.78, 5) is 18.3. The van der Waals surface area contributed by atoms with E-state index in [0.717, 1.165) is 18.5 Å². The molecule has 1 fully saturated rings. The molecular formula is C16H25N3O3. The third-order valence-electron chi connectivity index (χ3n) is 4.08. The number of hydrogen-bond acceptors (Lipinski definition) is 5. The van der Waals surface area contributed by atoms with Gasteiger partial charge in [-0.05, 0) is 32.0 Å². The van der Waals surface area contributed by atoms with E-state index in [1.807, 2.05) is 25.2 Å². The number of amides is 1. The van der Waals surface area contributed by atoms with Gasteiger partial charge in [0.15, 0.2) is 0 Å². The number of carbonyl (C=O) groups excluding carboxylic acids is 1. The first-order valence-corrected chi connectivity index (χ1v) is 7.69. The highest BCUT2D eigenvalue weighted by molar-refractivity contribution is 5.76. The van der Waals surface area contributed by atoms with Gasteiger partial charge in [-0.3, -0.25) is 9.78 Å². The first kappa shape index (κ1) is 16.9. The normalized spacial score (nSPS) is 24.6. The minimum atomic E-state index is -0.611. The Morgan fingerprint density at radius 3 is 2.95 bits per heavy atom.